The zero-order valence-electron chi connectivity index (χ0n) is 11.1. The van der Waals surface area contributed by atoms with E-state index in [2.05, 4.69) is 37.4 Å². The summed E-state index contributed by atoms with van der Waals surface area (Å²) in [5, 5.41) is 13.2. The molecule has 0 aliphatic carbocycles. The largest absolute Gasteiger partial charge is 0.508 e. The Balaban J connectivity index is 2.21. The summed E-state index contributed by atoms with van der Waals surface area (Å²) in [5.41, 5.74) is 4.48. The van der Waals surface area contributed by atoms with Crippen molar-refractivity contribution < 1.29 is 5.11 Å². The quantitative estimate of drug-likeness (QED) is 0.844. The topological polar surface area (TPSA) is 32.3 Å². The van der Waals surface area contributed by atoms with Crippen LogP contribution in [-0.2, 0) is 0 Å². The minimum Gasteiger partial charge on any atom is -0.508 e. The number of anilines is 1. The van der Waals surface area contributed by atoms with E-state index >= 15 is 0 Å². The van der Waals surface area contributed by atoms with Gasteiger partial charge in [0.15, 0.2) is 0 Å². The van der Waals surface area contributed by atoms with Crippen LogP contribution >= 0.6 is 0 Å². The lowest BCUT2D eigenvalue weighted by molar-refractivity contribution is 0.465. The van der Waals surface area contributed by atoms with E-state index < -0.39 is 0 Å². The molecule has 0 fully saturated rings. The van der Waals surface area contributed by atoms with Gasteiger partial charge in [-0.3, -0.25) is 0 Å². The van der Waals surface area contributed by atoms with Crippen LogP contribution in [0, 0.1) is 13.8 Å². The lowest BCUT2D eigenvalue weighted by atomic mass is 10.1. The Morgan fingerprint density at radius 3 is 2.22 bits per heavy atom. The fourth-order valence-electron chi connectivity index (χ4n) is 2.24. The van der Waals surface area contributed by atoms with Crippen LogP contribution in [0.4, 0.5) is 5.69 Å². The monoisotopic (exact) mass is 241 g/mol. The smallest absolute Gasteiger partial charge is 0.120 e. The van der Waals surface area contributed by atoms with E-state index in [1.807, 2.05) is 25.1 Å². The summed E-state index contributed by atoms with van der Waals surface area (Å²) in [5.74, 6) is 0.335. The molecule has 0 spiro atoms. The van der Waals surface area contributed by atoms with Gasteiger partial charge in [0, 0.05) is 11.3 Å². The van der Waals surface area contributed by atoms with Crippen molar-refractivity contribution in [2.75, 3.05) is 5.32 Å². The Morgan fingerprint density at radius 1 is 1.00 bits per heavy atom. The molecule has 2 rings (SSSR count). The lowest BCUT2D eigenvalue weighted by Crippen LogP contribution is -2.07. The van der Waals surface area contributed by atoms with Gasteiger partial charge in [0.05, 0.1) is 6.04 Å². The molecular formula is C16H19NO. The normalized spacial score (nSPS) is 12.2. The second-order valence-corrected chi connectivity index (χ2v) is 4.80. The maximum atomic E-state index is 9.83. The highest BCUT2D eigenvalue weighted by atomic mass is 16.3. The number of aromatic hydroxyl groups is 1. The lowest BCUT2D eigenvalue weighted by Gasteiger charge is -2.17. The van der Waals surface area contributed by atoms with Crippen LogP contribution in [0.15, 0.2) is 42.5 Å². The van der Waals surface area contributed by atoms with Gasteiger partial charge in [-0.05, 0) is 50.1 Å². The second-order valence-electron chi connectivity index (χ2n) is 4.80. The van der Waals surface area contributed by atoms with Gasteiger partial charge in [-0.1, -0.05) is 24.3 Å². The van der Waals surface area contributed by atoms with E-state index in [-0.39, 0.29) is 6.04 Å². The van der Waals surface area contributed by atoms with Crippen LogP contribution in [0.25, 0.3) is 0 Å². The van der Waals surface area contributed by atoms with Crippen LogP contribution in [-0.4, -0.2) is 5.11 Å². The molecule has 0 radical (unpaired) electrons. The number of rotatable bonds is 3. The molecular weight excluding hydrogens is 222 g/mol. The maximum Gasteiger partial charge on any atom is 0.120 e. The Bertz CT molecular complexity index is 528. The summed E-state index contributed by atoms with van der Waals surface area (Å²) >= 11 is 0. The maximum absolute atomic E-state index is 9.83. The van der Waals surface area contributed by atoms with Crippen molar-refractivity contribution in [1.29, 1.82) is 0 Å². The predicted octanol–water partition coefficient (Wildman–Crippen LogP) is 4.18. The highest BCUT2D eigenvalue weighted by molar-refractivity contribution is 5.51. The van der Waals surface area contributed by atoms with Crippen LogP contribution < -0.4 is 5.32 Å². The zero-order valence-corrected chi connectivity index (χ0v) is 11.1. The Morgan fingerprint density at radius 2 is 1.61 bits per heavy atom. The van der Waals surface area contributed by atoms with Crippen molar-refractivity contribution in [1.82, 2.24) is 0 Å². The number of phenols is 1. The van der Waals surface area contributed by atoms with Crippen molar-refractivity contribution in [3.63, 3.8) is 0 Å². The summed E-state index contributed by atoms with van der Waals surface area (Å²) in [6, 6.07) is 13.9. The van der Waals surface area contributed by atoms with Crippen molar-refractivity contribution in [3.05, 3.63) is 59.2 Å². The molecule has 2 aromatic rings. The van der Waals surface area contributed by atoms with Crippen LogP contribution in [0.1, 0.15) is 29.7 Å². The molecule has 0 heterocycles. The van der Waals surface area contributed by atoms with Gasteiger partial charge in [0.1, 0.15) is 5.75 Å². The first-order valence-electron chi connectivity index (χ1n) is 6.19. The number of hydrogen-bond acceptors (Lipinski definition) is 2. The molecule has 0 saturated heterocycles. The number of para-hydroxylation sites is 1. The van der Waals surface area contributed by atoms with Gasteiger partial charge in [0.25, 0.3) is 0 Å². The van der Waals surface area contributed by atoms with E-state index in [0.29, 0.717) is 5.75 Å². The first kappa shape index (κ1) is 12.5. The third-order valence-electron chi connectivity index (χ3n) is 3.01. The molecule has 0 aromatic heterocycles. The molecule has 18 heavy (non-hydrogen) atoms. The summed E-state index contributed by atoms with van der Waals surface area (Å²) in [7, 11) is 0. The third-order valence-corrected chi connectivity index (χ3v) is 3.01. The van der Waals surface area contributed by atoms with Crippen molar-refractivity contribution in [2.45, 2.75) is 26.8 Å². The molecule has 1 atom stereocenters. The first-order chi connectivity index (χ1) is 8.56. The van der Waals surface area contributed by atoms with Crippen molar-refractivity contribution in [3.8, 4) is 5.75 Å². The molecule has 0 aliphatic heterocycles. The molecule has 0 amide bonds. The number of benzene rings is 2. The molecule has 2 N–H and O–H groups in total. The minimum atomic E-state index is 0.0763. The summed E-state index contributed by atoms with van der Waals surface area (Å²) in [6.45, 7) is 6.22. The van der Waals surface area contributed by atoms with Gasteiger partial charge < -0.3 is 10.4 Å². The van der Waals surface area contributed by atoms with Gasteiger partial charge in [-0.15, -0.1) is 0 Å². The van der Waals surface area contributed by atoms with Crippen molar-refractivity contribution in [2.24, 2.45) is 0 Å². The average molecular weight is 241 g/mol. The standard InChI is InChI=1S/C16H19NO/c1-11-8-12(2)10-14(9-11)17-13(3)15-6-4-5-7-16(15)18/h4-10,13,17-18H,1-3H3. The Labute approximate surface area is 108 Å². The summed E-state index contributed by atoms with van der Waals surface area (Å²) in [6.07, 6.45) is 0. The van der Waals surface area contributed by atoms with E-state index in [4.69, 9.17) is 0 Å². The van der Waals surface area contributed by atoms with E-state index in [1.165, 1.54) is 11.1 Å². The highest BCUT2D eigenvalue weighted by Gasteiger charge is 2.09. The zero-order chi connectivity index (χ0) is 13.1. The highest BCUT2D eigenvalue weighted by Crippen LogP contribution is 2.27. The summed E-state index contributed by atoms with van der Waals surface area (Å²) < 4.78 is 0. The fraction of sp³-hybridized carbons (Fsp3) is 0.250. The number of nitrogens with one attached hydrogen (secondary N) is 1. The number of hydrogen-bond donors (Lipinski definition) is 2. The number of phenolic OH excluding ortho intramolecular Hbond substituents is 1. The third kappa shape index (κ3) is 2.83. The second kappa shape index (κ2) is 5.13. The van der Waals surface area contributed by atoms with Gasteiger partial charge in [-0.25, -0.2) is 0 Å². The molecule has 2 aromatic carbocycles. The molecule has 0 aliphatic rings. The Hall–Kier alpha value is -1.96. The molecule has 1 unspecified atom stereocenters. The first-order valence-corrected chi connectivity index (χ1v) is 6.19. The van der Waals surface area contributed by atoms with Crippen molar-refractivity contribution >= 4 is 5.69 Å². The van der Waals surface area contributed by atoms with Crippen LogP contribution in [0.3, 0.4) is 0 Å². The molecule has 2 heteroatoms. The van der Waals surface area contributed by atoms with Crippen LogP contribution in [0.5, 0.6) is 5.75 Å². The Kier molecular flexibility index (Phi) is 3.56. The SMILES string of the molecule is Cc1cc(C)cc(NC(C)c2ccccc2O)c1. The average Bonchev–Trinajstić information content (AvgIpc) is 2.27. The fourth-order valence-corrected chi connectivity index (χ4v) is 2.24. The van der Waals surface area contributed by atoms with E-state index in [0.717, 1.165) is 11.3 Å². The minimum absolute atomic E-state index is 0.0763. The molecule has 0 bridgehead atoms. The molecule has 2 nitrogen and oxygen atoms in total. The number of aryl methyl sites for hydroxylation is 2. The van der Waals surface area contributed by atoms with E-state index in [9.17, 15) is 5.11 Å². The van der Waals surface area contributed by atoms with E-state index in [1.54, 1.807) is 6.07 Å². The van der Waals surface area contributed by atoms with Gasteiger partial charge in [0.2, 0.25) is 0 Å². The van der Waals surface area contributed by atoms with Crippen LogP contribution in [0.2, 0.25) is 0 Å². The molecule has 0 saturated carbocycles. The predicted molar refractivity (Wildman–Crippen MR) is 76.1 cm³/mol. The van der Waals surface area contributed by atoms with Gasteiger partial charge in [-0.2, -0.15) is 0 Å². The van der Waals surface area contributed by atoms with Gasteiger partial charge >= 0.3 is 0 Å². The molecule has 94 valence electrons. The summed E-state index contributed by atoms with van der Waals surface area (Å²) in [4.78, 5) is 0.